The number of benzene rings is 1. The molecule has 0 radical (unpaired) electrons. The molecule has 0 aliphatic carbocycles. The molecule has 1 N–H and O–H groups in total. The first-order valence-corrected chi connectivity index (χ1v) is 11.9. The van der Waals surface area contributed by atoms with Crippen molar-refractivity contribution in [3.8, 4) is 11.1 Å². The summed E-state index contributed by atoms with van der Waals surface area (Å²) in [5, 5.41) is 12.1. The molecule has 0 saturated heterocycles. The van der Waals surface area contributed by atoms with E-state index in [-0.39, 0.29) is 18.1 Å². The lowest BCUT2D eigenvalue weighted by Gasteiger charge is -2.15. The summed E-state index contributed by atoms with van der Waals surface area (Å²) >= 11 is 6.08. The molecule has 7 nitrogen and oxygen atoms in total. The van der Waals surface area contributed by atoms with E-state index >= 15 is 0 Å². The van der Waals surface area contributed by atoms with Gasteiger partial charge in [-0.2, -0.15) is 5.10 Å². The highest BCUT2D eigenvalue weighted by Gasteiger charge is 2.28. The van der Waals surface area contributed by atoms with Gasteiger partial charge in [-0.05, 0) is 24.1 Å². The van der Waals surface area contributed by atoms with Crippen LogP contribution >= 0.6 is 11.6 Å². The molecular weight excluding hydrogens is 452 g/mol. The third-order valence-electron chi connectivity index (χ3n) is 5.04. The van der Waals surface area contributed by atoms with Crippen LogP contribution in [0.25, 0.3) is 11.1 Å². The quantitative estimate of drug-likeness (QED) is 0.468. The Morgan fingerprint density at radius 3 is 2.24 bits per heavy atom. The fraction of sp³-hybridized carbons (Fsp3) is 0.385. The molecule has 1 aromatic carbocycles. The second-order valence-corrected chi connectivity index (χ2v) is 7.45. The number of rotatable bonds is 3. The molecule has 4 rings (SSSR count). The van der Waals surface area contributed by atoms with E-state index in [0.29, 0.717) is 5.02 Å². The molecule has 0 amide bonds. The minimum Gasteiger partial charge on any atom is -0.483 e. The molecule has 184 valence electrons. The van der Waals surface area contributed by atoms with Crippen LogP contribution in [0.2, 0.25) is 5.02 Å². The molecule has 1 unspecified atom stereocenters. The number of pyridine rings is 1. The molecule has 3 aromatic rings. The maximum atomic E-state index is 12.3. The molecule has 0 saturated carbocycles. The summed E-state index contributed by atoms with van der Waals surface area (Å²) in [6, 6.07) is 9.36. The summed E-state index contributed by atoms with van der Waals surface area (Å²) in [5.41, 5.74) is 5.79. The fourth-order valence-electron chi connectivity index (χ4n) is 3.66. The van der Waals surface area contributed by atoms with E-state index in [2.05, 4.69) is 12.0 Å². The van der Waals surface area contributed by atoms with Crippen molar-refractivity contribution in [2.75, 3.05) is 0 Å². The lowest BCUT2D eigenvalue weighted by atomic mass is 9.95. The van der Waals surface area contributed by atoms with Crippen LogP contribution in [0.5, 0.6) is 0 Å². The van der Waals surface area contributed by atoms with Gasteiger partial charge in [0.15, 0.2) is 0 Å². The summed E-state index contributed by atoms with van der Waals surface area (Å²) in [6.45, 7) is 9.89. The third-order valence-corrected chi connectivity index (χ3v) is 5.29. The predicted molar refractivity (Wildman–Crippen MR) is 140 cm³/mol. The standard InChI is InChI=1S/C21H21ClN4O.2C2H6.CH2O2/c1-4-5-18-15-10-19(27)25(2)12-17(15)16-11-23-26(3)21(16)20(24-18)13-6-8-14(22)9-7-13;2*1-2;2-1-3/h6-12,18H,4-5H2,1-3H3;2*1-2H3;1H,(H,2,3). The van der Waals surface area contributed by atoms with Crippen molar-refractivity contribution in [3.05, 3.63) is 74.9 Å². The molecule has 8 heteroatoms. The highest BCUT2D eigenvalue weighted by atomic mass is 35.5. The number of aryl methyl sites for hydroxylation is 2. The number of hydrogen-bond donors (Lipinski definition) is 1. The van der Waals surface area contributed by atoms with Gasteiger partial charge >= 0.3 is 0 Å². The lowest BCUT2D eigenvalue weighted by molar-refractivity contribution is -0.122. The Balaban J connectivity index is 0.000000750. The smallest absolute Gasteiger partial charge is 0.290 e. The fourth-order valence-corrected chi connectivity index (χ4v) is 3.79. The second-order valence-electron chi connectivity index (χ2n) is 7.02. The van der Waals surface area contributed by atoms with Crippen LogP contribution in [-0.4, -0.2) is 31.6 Å². The first kappa shape index (κ1) is 28.8. The second kappa shape index (κ2) is 14.2. The maximum absolute atomic E-state index is 12.3. The molecule has 0 spiro atoms. The summed E-state index contributed by atoms with van der Waals surface area (Å²) in [5.74, 6) is 0. The van der Waals surface area contributed by atoms with Crippen LogP contribution in [0, 0.1) is 0 Å². The monoisotopic (exact) mass is 486 g/mol. The van der Waals surface area contributed by atoms with Crippen molar-refractivity contribution in [3.63, 3.8) is 0 Å². The van der Waals surface area contributed by atoms with Gasteiger partial charge in [-0.3, -0.25) is 19.3 Å². The highest BCUT2D eigenvalue weighted by Crippen LogP contribution is 2.38. The number of aromatic nitrogens is 3. The number of nitrogens with zero attached hydrogens (tertiary/aromatic N) is 4. The SMILES string of the molecule is CC.CC.CCCC1N=C(c2ccc(Cl)cc2)c2c(cnn2C)-c2cn(C)c(=O)cc21.O=CO. The van der Waals surface area contributed by atoms with Gasteiger partial charge in [0.25, 0.3) is 12.0 Å². The van der Waals surface area contributed by atoms with Gasteiger partial charge in [0, 0.05) is 48.1 Å². The van der Waals surface area contributed by atoms with Crippen LogP contribution in [0.3, 0.4) is 0 Å². The van der Waals surface area contributed by atoms with Crippen LogP contribution in [0.4, 0.5) is 0 Å². The molecule has 1 atom stereocenters. The molecule has 2 aromatic heterocycles. The molecule has 1 aliphatic rings. The van der Waals surface area contributed by atoms with Crippen molar-refractivity contribution in [2.24, 2.45) is 19.1 Å². The molecule has 1 aliphatic heterocycles. The summed E-state index contributed by atoms with van der Waals surface area (Å²) in [4.78, 5) is 25.8. The van der Waals surface area contributed by atoms with Crippen molar-refractivity contribution in [1.82, 2.24) is 14.3 Å². The van der Waals surface area contributed by atoms with Crippen LogP contribution < -0.4 is 5.56 Å². The Morgan fingerprint density at radius 1 is 1.09 bits per heavy atom. The van der Waals surface area contributed by atoms with E-state index in [1.165, 1.54) is 0 Å². The zero-order valence-corrected chi connectivity index (χ0v) is 21.8. The van der Waals surface area contributed by atoms with E-state index in [0.717, 1.165) is 46.5 Å². The molecule has 34 heavy (non-hydrogen) atoms. The zero-order valence-electron chi connectivity index (χ0n) is 21.0. The minimum absolute atomic E-state index is 0.0227. The summed E-state index contributed by atoms with van der Waals surface area (Å²) in [7, 11) is 3.70. The van der Waals surface area contributed by atoms with Gasteiger partial charge in [0.1, 0.15) is 0 Å². The number of carbonyl (C=O) groups is 1. The number of aliphatic imine (C=N–C) groups is 1. The maximum Gasteiger partial charge on any atom is 0.290 e. The Hall–Kier alpha value is -3.19. The van der Waals surface area contributed by atoms with Gasteiger partial charge < -0.3 is 9.67 Å². The van der Waals surface area contributed by atoms with Crippen LogP contribution in [0.15, 0.2) is 52.5 Å². The van der Waals surface area contributed by atoms with E-state index in [1.807, 2.05) is 76.1 Å². The Morgan fingerprint density at radius 2 is 1.68 bits per heavy atom. The van der Waals surface area contributed by atoms with Gasteiger partial charge in [-0.15, -0.1) is 0 Å². The number of carboxylic acid groups (broad SMARTS) is 1. The van der Waals surface area contributed by atoms with Crippen molar-refractivity contribution < 1.29 is 9.90 Å². The first-order chi connectivity index (χ1) is 16.4. The lowest BCUT2D eigenvalue weighted by Crippen LogP contribution is -2.17. The van der Waals surface area contributed by atoms with Crippen molar-refractivity contribution >= 4 is 23.8 Å². The van der Waals surface area contributed by atoms with Gasteiger partial charge in [-0.1, -0.05) is 64.8 Å². The Labute approximate surface area is 206 Å². The average molecular weight is 487 g/mol. The highest BCUT2D eigenvalue weighted by molar-refractivity contribution is 6.30. The molecular formula is C26H35ClN4O3. The third kappa shape index (κ3) is 6.44. The Kier molecular flexibility index (Phi) is 12.0. The van der Waals surface area contributed by atoms with Crippen LogP contribution in [-0.2, 0) is 18.9 Å². The average Bonchev–Trinajstić information content (AvgIpc) is 3.17. The molecule has 0 fully saturated rings. The van der Waals surface area contributed by atoms with Crippen LogP contribution in [0.1, 0.15) is 70.3 Å². The molecule has 0 bridgehead atoms. The zero-order chi connectivity index (χ0) is 25.8. The first-order valence-electron chi connectivity index (χ1n) is 11.6. The van der Waals surface area contributed by atoms with E-state index < -0.39 is 0 Å². The molecule has 3 heterocycles. The van der Waals surface area contributed by atoms with Crippen molar-refractivity contribution in [1.29, 1.82) is 0 Å². The summed E-state index contributed by atoms with van der Waals surface area (Å²) < 4.78 is 3.47. The van der Waals surface area contributed by atoms with E-state index in [4.69, 9.17) is 26.5 Å². The summed E-state index contributed by atoms with van der Waals surface area (Å²) in [6.07, 6.45) is 5.61. The number of halogens is 1. The number of fused-ring (bicyclic) bond motifs is 3. The largest absolute Gasteiger partial charge is 0.483 e. The topological polar surface area (TPSA) is 89.5 Å². The Bertz CT molecular complexity index is 1150. The van der Waals surface area contributed by atoms with E-state index in [1.54, 1.807) is 17.7 Å². The predicted octanol–water partition coefficient (Wildman–Crippen LogP) is 5.88. The van der Waals surface area contributed by atoms with Crippen molar-refractivity contribution in [2.45, 2.75) is 53.5 Å². The normalized spacial score (nSPS) is 13.2. The number of hydrogen-bond acceptors (Lipinski definition) is 4. The van der Waals surface area contributed by atoms with Gasteiger partial charge in [0.05, 0.1) is 23.6 Å². The minimum atomic E-state index is -0.250. The van der Waals surface area contributed by atoms with Gasteiger partial charge in [0.2, 0.25) is 0 Å². The van der Waals surface area contributed by atoms with E-state index in [9.17, 15) is 4.79 Å². The van der Waals surface area contributed by atoms with Gasteiger partial charge in [-0.25, -0.2) is 0 Å².